The van der Waals surface area contributed by atoms with Crippen molar-refractivity contribution in [3.63, 3.8) is 0 Å². The van der Waals surface area contributed by atoms with Crippen LogP contribution in [0.2, 0.25) is 0 Å². The van der Waals surface area contributed by atoms with Crippen LogP contribution in [0.1, 0.15) is 49.3 Å². The van der Waals surface area contributed by atoms with Gasteiger partial charge in [0.1, 0.15) is 12.7 Å². The van der Waals surface area contributed by atoms with E-state index >= 15 is 0 Å². The lowest BCUT2D eigenvalue weighted by Crippen LogP contribution is -2.34. The topological polar surface area (TPSA) is 83.1 Å². The SMILES string of the molecule is CO[C@H](COC(=O)C1=C(C)NC2=C(C(=O)CCC2)[C@@H]1c1ccc2c(c1)OCO2)c1ccccc1. The molecule has 0 unspecified atom stereocenters. The van der Waals surface area contributed by atoms with Gasteiger partial charge in [0.2, 0.25) is 6.79 Å². The molecule has 7 heteroatoms. The van der Waals surface area contributed by atoms with Gasteiger partial charge in [-0.1, -0.05) is 36.4 Å². The summed E-state index contributed by atoms with van der Waals surface area (Å²) in [5, 5.41) is 3.32. The Morgan fingerprint density at radius 2 is 1.91 bits per heavy atom. The van der Waals surface area contributed by atoms with Crippen molar-refractivity contribution in [1.82, 2.24) is 5.32 Å². The monoisotopic (exact) mass is 461 g/mol. The molecular weight excluding hydrogens is 434 g/mol. The van der Waals surface area contributed by atoms with Gasteiger partial charge in [0.25, 0.3) is 0 Å². The Morgan fingerprint density at radius 3 is 2.71 bits per heavy atom. The largest absolute Gasteiger partial charge is 0.459 e. The zero-order valence-electron chi connectivity index (χ0n) is 19.3. The van der Waals surface area contributed by atoms with Crippen LogP contribution in [0.4, 0.5) is 0 Å². The molecule has 5 rings (SSSR count). The van der Waals surface area contributed by atoms with Gasteiger partial charge in [-0.2, -0.15) is 0 Å². The Hall–Kier alpha value is -3.58. The van der Waals surface area contributed by atoms with Crippen LogP contribution in [0.25, 0.3) is 0 Å². The fraction of sp³-hybridized carbons (Fsp3) is 0.333. The second-order valence-corrected chi connectivity index (χ2v) is 8.61. The third-order valence-corrected chi connectivity index (χ3v) is 6.55. The van der Waals surface area contributed by atoms with E-state index in [1.54, 1.807) is 7.11 Å². The van der Waals surface area contributed by atoms with E-state index < -0.39 is 18.0 Å². The summed E-state index contributed by atoms with van der Waals surface area (Å²) < 4.78 is 22.4. The van der Waals surface area contributed by atoms with Gasteiger partial charge >= 0.3 is 5.97 Å². The van der Waals surface area contributed by atoms with Crippen LogP contribution in [0, 0.1) is 0 Å². The zero-order valence-corrected chi connectivity index (χ0v) is 19.3. The number of benzene rings is 2. The molecule has 1 aliphatic carbocycles. The lowest BCUT2D eigenvalue weighted by Gasteiger charge is -2.34. The van der Waals surface area contributed by atoms with E-state index in [9.17, 15) is 9.59 Å². The van der Waals surface area contributed by atoms with Gasteiger partial charge in [-0.05, 0) is 43.0 Å². The predicted molar refractivity (Wildman–Crippen MR) is 124 cm³/mol. The lowest BCUT2D eigenvalue weighted by atomic mass is 9.75. The van der Waals surface area contributed by atoms with E-state index in [4.69, 9.17) is 18.9 Å². The molecule has 0 bridgehead atoms. The average molecular weight is 462 g/mol. The van der Waals surface area contributed by atoms with Gasteiger partial charge in [-0.15, -0.1) is 0 Å². The van der Waals surface area contributed by atoms with E-state index in [2.05, 4.69) is 5.32 Å². The quantitative estimate of drug-likeness (QED) is 0.642. The molecule has 7 nitrogen and oxygen atoms in total. The minimum atomic E-state index is -0.538. The standard InChI is InChI=1S/C27H27NO6/c1-16-24(27(30)32-14-23(31-2)17-7-4-3-5-8-17)25(26-19(28-16)9-6-10-20(26)29)18-11-12-21-22(13-18)34-15-33-21/h3-5,7-8,11-13,23,25,28H,6,9-10,14-15H2,1-2H3/t23-,25-/m1/s1. The third kappa shape index (κ3) is 4.07. The van der Waals surface area contributed by atoms with E-state index in [1.165, 1.54) is 0 Å². The number of hydrogen-bond donors (Lipinski definition) is 1. The summed E-state index contributed by atoms with van der Waals surface area (Å²) in [4.78, 5) is 26.6. The Kier molecular flexibility index (Phi) is 6.11. The average Bonchev–Trinajstić information content (AvgIpc) is 3.32. The highest BCUT2D eigenvalue weighted by atomic mass is 16.7. The molecular formula is C27H27NO6. The molecule has 0 spiro atoms. The molecule has 0 amide bonds. The first kappa shape index (κ1) is 22.2. The third-order valence-electron chi connectivity index (χ3n) is 6.55. The zero-order chi connectivity index (χ0) is 23.7. The maximum absolute atomic E-state index is 13.5. The Balaban J connectivity index is 1.48. The van der Waals surface area contributed by atoms with Gasteiger partial charge < -0.3 is 24.3 Å². The second-order valence-electron chi connectivity index (χ2n) is 8.61. The molecule has 3 aliphatic rings. The van der Waals surface area contributed by atoms with Crippen molar-refractivity contribution in [3.05, 3.63) is 82.2 Å². The molecule has 0 aromatic heterocycles. The first-order valence-electron chi connectivity index (χ1n) is 11.4. The number of ether oxygens (including phenoxy) is 4. The molecule has 2 atom stereocenters. The van der Waals surface area contributed by atoms with Crippen molar-refractivity contribution in [2.45, 2.75) is 38.2 Å². The number of rotatable bonds is 6. The molecule has 2 heterocycles. The number of hydrogen-bond acceptors (Lipinski definition) is 7. The van der Waals surface area contributed by atoms with Crippen LogP contribution in [-0.2, 0) is 19.1 Å². The fourth-order valence-corrected chi connectivity index (χ4v) is 4.88. The molecule has 1 N–H and O–H groups in total. The predicted octanol–water partition coefficient (Wildman–Crippen LogP) is 4.31. The summed E-state index contributed by atoms with van der Waals surface area (Å²) in [6.07, 6.45) is 1.63. The van der Waals surface area contributed by atoms with Gasteiger partial charge in [-0.3, -0.25) is 4.79 Å². The maximum Gasteiger partial charge on any atom is 0.336 e. The van der Waals surface area contributed by atoms with Crippen molar-refractivity contribution in [3.8, 4) is 11.5 Å². The number of methoxy groups -OCH3 is 1. The summed E-state index contributed by atoms with van der Waals surface area (Å²) in [6.45, 7) is 2.06. The first-order valence-corrected chi connectivity index (χ1v) is 11.4. The fourth-order valence-electron chi connectivity index (χ4n) is 4.88. The normalized spacial score (nSPS) is 20.1. The molecule has 0 radical (unpaired) electrons. The van der Waals surface area contributed by atoms with Crippen LogP contribution in [0.15, 0.2) is 71.1 Å². The summed E-state index contributed by atoms with van der Waals surface area (Å²) >= 11 is 0. The number of fused-ring (bicyclic) bond motifs is 1. The molecule has 0 saturated heterocycles. The smallest absolute Gasteiger partial charge is 0.336 e. The summed E-state index contributed by atoms with van der Waals surface area (Å²) in [5.74, 6) is 0.292. The Labute approximate surface area is 198 Å². The van der Waals surface area contributed by atoms with Crippen LogP contribution in [0.5, 0.6) is 11.5 Å². The first-order chi connectivity index (χ1) is 16.6. The second kappa shape index (κ2) is 9.35. The minimum Gasteiger partial charge on any atom is -0.459 e. The Bertz CT molecular complexity index is 1180. The van der Waals surface area contributed by atoms with Crippen molar-refractivity contribution in [2.75, 3.05) is 20.5 Å². The van der Waals surface area contributed by atoms with Gasteiger partial charge in [0.15, 0.2) is 17.3 Å². The number of allylic oxidation sites excluding steroid dienone is 3. The van der Waals surface area contributed by atoms with Gasteiger partial charge in [0.05, 0.1) is 5.57 Å². The van der Waals surface area contributed by atoms with Crippen LogP contribution < -0.4 is 14.8 Å². The highest BCUT2D eigenvalue weighted by Crippen LogP contribution is 2.45. The van der Waals surface area contributed by atoms with Crippen molar-refractivity contribution in [1.29, 1.82) is 0 Å². The van der Waals surface area contributed by atoms with E-state index in [0.717, 1.165) is 29.7 Å². The van der Waals surface area contributed by atoms with Gasteiger partial charge in [0, 0.05) is 36.4 Å². The highest BCUT2D eigenvalue weighted by Gasteiger charge is 2.39. The number of ketones is 1. The molecule has 2 aliphatic heterocycles. The van der Waals surface area contributed by atoms with Crippen molar-refractivity contribution >= 4 is 11.8 Å². The number of esters is 1. The summed E-state index contributed by atoms with van der Waals surface area (Å²) in [6, 6.07) is 15.2. The van der Waals surface area contributed by atoms with Crippen LogP contribution in [0.3, 0.4) is 0 Å². The van der Waals surface area contributed by atoms with E-state index in [-0.39, 0.29) is 19.2 Å². The lowest BCUT2D eigenvalue weighted by molar-refractivity contribution is -0.143. The Morgan fingerprint density at radius 1 is 1.12 bits per heavy atom. The number of dihydropyridines is 1. The van der Waals surface area contributed by atoms with E-state index in [0.29, 0.717) is 34.8 Å². The molecule has 2 aromatic carbocycles. The van der Waals surface area contributed by atoms with E-state index in [1.807, 2.05) is 55.5 Å². The number of nitrogens with one attached hydrogen (secondary N) is 1. The van der Waals surface area contributed by atoms with Crippen LogP contribution in [-0.4, -0.2) is 32.3 Å². The molecule has 176 valence electrons. The maximum atomic E-state index is 13.5. The number of carbonyl (C=O) groups excluding carboxylic acids is 2. The van der Waals surface area contributed by atoms with Crippen molar-refractivity contribution < 1.29 is 28.5 Å². The summed E-state index contributed by atoms with van der Waals surface area (Å²) in [7, 11) is 1.59. The van der Waals surface area contributed by atoms with Crippen LogP contribution >= 0.6 is 0 Å². The highest BCUT2D eigenvalue weighted by molar-refractivity contribution is 6.03. The van der Waals surface area contributed by atoms with Gasteiger partial charge in [-0.25, -0.2) is 4.79 Å². The molecule has 0 fully saturated rings. The minimum absolute atomic E-state index is 0.0493. The molecule has 0 saturated carbocycles. The number of carbonyl (C=O) groups is 2. The van der Waals surface area contributed by atoms with Crippen molar-refractivity contribution in [2.24, 2.45) is 0 Å². The molecule has 34 heavy (non-hydrogen) atoms. The molecule has 2 aromatic rings. The summed E-state index contributed by atoms with van der Waals surface area (Å²) in [5.41, 5.74) is 4.35. The number of Topliss-reactive ketones (excluding diaryl/α,β-unsaturated/α-hetero) is 1.